The van der Waals surface area contributed by atoms with Crippen molar-refractivity contribution < 1.29 is 9.84 Å². The molecule has 1 N–H and O–H groups in total. The number of tetrazole rings is 1. The molecule has 130 valence electrons. The first-order chi connectivity index (χ1) is 12.0. The summed E-state index contributed by atoms with van der Waals surface area (Å²) in [5.74, 6) is 1.33. The van der Waals surface area contributed by atoms with Gasteiger partial charge in [0, 0.05) is 10.0 Å². The predicted octanol–water partition coefficient (Wildman–Crippen LogP) is 3.16. The monoisotopic (exact) mass is 402 g/mol. The molecule has 1 unspecified atom stereocenters. The summed E-state index contributed by atoms with van der Waals surface area (Å²) in [6, 6.07) is 13.6. The molecule has 0 aliphatic heterocycles. The van der Waals surface area contributed by atoms with E-state index in [2.05, 4.69) is 31.3 Å². The van der Waals surface area contributed by atoms with Gasteiger partial charge in [-0.2, -0.15) is 4.80 Å². The Morgan fingerprint density at radius 1 is 1.12 bits per heavy atom. The number of aryl methyl sites for hydroxylation is 2. The maximum atomic E-state index is 10.2. The summed E-state index contributed by atoms with van der Waals surface area (Å²) >= 11 is 3.39. The van der Waals surface area contributed by atoms with E-state index in [1.807, 2.05) is 56.3 Å². The van der Waals surface area contributed by atoms with Crippen LogP contribution in [0.2, 0.25) is 0 Å². The first kappa shape index (κ1) is 17.6. The molecular weight excluding hydrogens is 384 g/mol. The molecule has 7 heteroatoms. The average Bonchev–Trinajstić information content (AvgIpc) is 3.03. The summed E-state index contributed by atoms with van der Waals surface area (Å²) < 4.78 is 6.75. The molecule has 0 saturated carbocycles. The Kier molecular flexibility index (Phi) is 5.45. The molecule has 0 bridgehead atoms. The minimum atomic E-state index is -0.731. The number of aliphatic hydroxyl groups excluding tert-OH is 1. The number of aromatic nitrogens is 4. The number of aliphatic hydroxyl groups is 1. The second-order valence-electron chi connectivity index (χ2n) is 5.86. The Morgan fingerprint density at radius 3 is 2.48 bits per heavy atom. The van der Waals surface area contributed by atoms with E-state index in [1.165, 1.54) is 4.80 Å². The van der Waals surface area contributed by atoms with Crippen LogP contribution in [0.15, 0.2) is 46.9 Å². The lowest BCUT2D eigenvalue weighted by Gasteiger charge is -2.15. The lowest BCUT2D eigenvalue weighted by Crippen LogP contribution is -2.25. The highest BCUT2D eigenvalue weighted by atomic mass is 79.9. The van der Waals surface area contributed by atoms with E-state index in [0.29, 0.717) is 5.82 Å². The van der Waals surface area contributed by atoms with Crippen molar-refractivity contribution in [2.24, 2.45) is 0 Å². The molecule has 0 amide bonds. The maximum absolute atomic E-state index is 10.2. The molecule has 3 rings (SSSR count). The number of para-hydroxylation sites is 1. The minimum absolute atomic E-state index is 0.168. The number of halogens is 1. The van der Waals surface area contributed by atoms with Gasteiger partial charge in [-0.05, 0) is 54.5 Å². The second-order valence-corrected chi connectivity index (χ2v) is 6.78. The van der Waals surface area contributed by atoms with Crippen LogP contribution in [0.3, 0.4) is 0 Å². The quantitative estimate of drug-likeness (QED) is 0.685. The Labute approximate surface area is 154 Å². The van der Waals surface area contributed by atoms with Gasteiger partial charge in [-0.15, -0.1) is 10.2 Å². The van der Waals surface area contributed by atoms with E-state index < -0.39 is 6.10 Å². The number of nitrogens with zero attached hydrogens (tertiary/aromatic N) is 4. The van der Waals surface area contributed by atoms with Gasteiger partial charge in [0.15, 0.2) is 0 Å². The summed E-state index contributed by atoms with van der Waals surface area (Å²) in [6.07, 6.45) is -0.731. The van der Waals surface area contributed by atoms with Crippen LogP contribution < -0.4 is 4.74 Å². The Hall–Kier alpha value is -2.25. The first-order valence-corrected chi connectivity index (χ1v) is 8.73. The van der Waals surface area contributed by atoms with Crippen molar-refractivity contribution in [1.29, 1.82) is 0 Å². The normalized spacial score (nSPS) is 12.2. The summed E-state index contributed by atoms with van der Waals surface area (Å²) in [6.45, 7) is 4.35. The largest absolute Gasteiger partial charge is 0.490 e. The number of hydrogen-bond acceptors (Lipinski definition) is 5. The standard InChI is InChI=1S/C18H19BrN4O2/c1-12-4-3-5-13(2)17(12)25-11-16(24)10-23-21-18(20-22-23)14-6-8-15(19)9-7-14/h3-9,16,24H,10-11H2,1-2H3. The molecule has 1 heterocycles. The van der Waals surface area contributed by atoms with Crippen molar-refractivity contribution >= 4 is 15.9 Å². The van der Waals surface area contributed by atoms with E-state index in [9.17, 15) is 5.11 Å². The molecule has 0 fully saturated rings. The van der Waals surface area contributed by atoms with E-state index in [1.54, 1.807) is 0 Å². The summed E-state index contributed by atoms with van der Waals surface area (Å²) in [7, 11) is 0. The van der Waals surface area contributed by atoms with Gasteiger partial charge in [-0.3, -0.25) is 0 Å². The van der Waals surface area contributed by atoms with Crippen molar-refractivity contribution in [3.63, 3.8) is 0 Å². The fourth-order valence-corrected chi connectivity index (χ4v) is 2.75. The van der Waals surface area contributed by atoms with Crippen LogP contribution in [0, 0.1) is 13.8 Å². The molecule has 0 saturated heterocycles. The maximum Gasteiger partial charge on any atom is 0.204 e. The van der Waals surface area contributed by atoms with E-state index >= 15 is 0 Å². The fraction of sp³-hybridized carbons (Fsp3) is 0.278. The molecule has 3 aromatic rings. The minimum Gasteiger partial charge on any atom is -0.490 e. The number of hydrogen-bond donors (Lipinski definition) is 1. The fourth-order valence-electron chi connectivity index (χ4n) is 2.48. The van der Waals surface area contributed by atoms with Gasteiger partial charge in [-0.25, -0.2) is 0 Å². The third-order valence-electron chi connectivity index (χ3n) is 3.76. The molecule has 0 spiro atoms. The van der Waals surface area contributed by atoms with Gasteiger partial charge >= 0.3 is 0 Å². The van der Waals surface area contributed by atoms with Crippen LogP contribution in [0.4, 0.5) is 0 Å². The van der Waals surface area contributed by atoms with Crippen LogP contribution in [0.25, 0.3) is 11.4 Å². The smallest absolute Gasteiger partial charge is 0.204 e. The first-order valence-electron chi connectivity index (χ1n) is 7.94. The van der Waals surface area contributed by atoms with Gasteiger partial charge < -0.3 is 9.84 Å². The van der Waals surface area contributed by atoms with Crippen molar-refractivity contribution in [1.82, 2.24) is 20.2 Å². The Bertz CT molecular complexity index is 828. The number of ether oxygens (including phenoxy) is 1. The van der Waals surface area contributed by atoms with Crippen LogP contribution in [-0.2, 0) is 6.54 Å². The highest BCUT2D eigenvalue weighted by molar-refractivity contribution is 9.10. The molecule has 1 atom stereocenters. The zero-order valence-corrected chi connectivity index (χ0v) is 15.6. The van der Waals surface area contributed by atoms with Crippen molar-refractivity contribution in [3.05, 3.63) is 58.1 Å². The molecule has 0 aliphatic rings. The zero-order valence-electron chi connectivity index (χ0n) is 14.1. The van der Waals surface area contributed by atoms with Crippen LogP contribution in [0.5, 0.6) is 5.75 Å². The van der Waals surface area contributed by atoms with E-state index in [-0.39, 0.29) is 13.2 Å². The highest BCUT2D eigenvalue weighted by Crippen LogP contribution is 2.22. The third-order valence-corrected chi connectivity index (χ3v) is 4.29. The second kappa shape index (κ2) is 7.76. The molecule has 0 radical (unpaired) electrons. The molecule has 1 aromatic heterocycles. The van der Waals surface area contributed by atoms with Gasteiger partial charge in [0.2, 0.25) is 5.82 Å². The third kappa shape index (κ3) is 4.43. The molecule has 6 nitrogen and oxygen atoms in total. The van der Waals surface area contributed by atoms with Gasteiger partial charge in [0.05, 0.1) is 6.54 Å². The topological polar surface area (TPSA) is 73.1 Å². The SMILES string of the molecule is Cc1cccc(C)c1OCC(O)Cn1nnc(-c2ccc(Br)cc2)n1. The average molecular weight is 403 g/mol. The zero-order chi connectivity index (χ0) is 17.8. The highest BCUT2D eigenvalue weighted by Gasteiger charge is 2.12. The van der Waals surface area contributed by atoms with Gasteiger partial charge in [0.25, 0.3) is 0 Å². The van der Waals surface area contributed by atoms with Gasteiger partial charge in [0.1, 0.15) is 18.5 Å². The Morgan fingerprint density at radius 2 is 1.80 bits per heavy atom. The number of benzene rings is 2. The van der Waals surface area contributed by atoms with E-state index in [4.69, 9.17) is 4.74 Å². The van der Waals surface area contributed by atoms with Crippen molar-refractivity contribution in [3.8, 4) is 17.1 Å². The van der Waals surface area contributed by atoms with Crippen LogP contribution in [0.1, 0.15) is 11.1 Å². The molecule has 2 aromatic carbocycles. The summed E-state index contributed by atoms with van der Waals surface area (Å²) in [4.78, 5) is 1.39. The predicted molar refractivity (Wildman–Crippen MR) is 98.4 cm³/mol. The van der Waals surface area contributed by atoms with Crippen molar-refractivity contribution in [2.75, 3.05) is 6.61 Å². The van der Waals surface area contributed by atoms with Crippen molar-refractivity contribution in [2.45, 2.75) is 26.5 Å². The molecule has 0 aliphatic carbocycles. The summed E-state index contributed by atoms with van der Waals surface area (Å²) in [5.41, 5.74) is 2.96. The lowest BCUT2D eigenvalue weighted by molar-refractivity contribution is 0.0844. The lowest BCUT2D eigenvalue weighted by atomic mass is 10.1. The summed E-state index contributed by atoms with van der Waals surface area (Å²) in [5, 5.41) is 22.5. The molecular formula is C18H19BrN4O2. The van der Waals surface area contributed by atoms with Crippen LogP contribution >= 0.6 is 15.9 Å². The van der Waals surface area contributed by atoms with E-state index in [0.717, 1.165) is 26.9 Å². The van der Waals surface area contributed by atoms with Gasteiger partial charge in [-0.1, -0.05) is 34.1 Å². The Balaban J connectivity index is 1.60. The molecule has 25 heavy (non-hydrogen) atoms. The number of rotatable bonds is 6. The van der Waals surface area contributed by atoms with Crippen LogP contribution in [-0.4, -0.2) is 38.0 Å².